The fourth-order valence-corrected chi connectivity index (χ4v) is 2.91. The Labute approximate surface area is 117 Å². The van der Waals surface area contributed by atoms with Crippen LogP contribution in [0.4, 0.5) is 0 Å². The van der Waals surface area contributed by atoms with E-state index in [4.69, 9.17) is 20.2 Å². The van der Waals surface area contributed by atoms with Crippen molar-refractivity contribution in [3.8, 4) is 0 Å². The molecule has 0 saturated carbocycles. The first kappa shape index (κ1) is 18.8. The summed E-state index contributed by atoms with van der Waals surface area (Å²) in [5, 5.41) is 0. The van der Waals surface area contributed by atoms with Crippen LogP contribution in [-0.4, -0.2) is 32.8 Å². The summed E-state index contributed by atoms with van der Waals surface area (Å²) >= 11 is -4.15. The average Bonchev–Trinajstić information content (AvgIpc) is 2.13. The molecule has 0 heterocycles. The molecule has 0 aliphatic heterocycles. The van der Waals surface area contributed by atoms with Gasteiger partial charge < -0.3 is 0 Å². The van der Waals surface area contributed by atoms with Crippen molar-refractivity contribution >= 4 is 9.21 Å². The molecule has 0 unspecified atom stereocenters. The molecule has 2 N–H and O–H groups in total. The maximum atomic E-state index is 9.90. The van der Waals surface area contributed by atoms with Gasteiger partial charge in [-0.3, -0.25) is 0 Å². The monoisotopic (exact) mass is 399 g/mol. The molecule has 8 heteroatoms. The second-order valence-corrected chi connectivity index (χ2v) is 12.9. The zero-order valence-electron chi connectivity index (χ0n) is 11.7. The third-order valence-electron chi connectivity index (χ3n) is 1.44. The number of hydrogen-bond donors (Lipinski definition) is 2. The van der Waals surface area contributed by atoms with E-state index in [1.165, 1.54) is 0 Å². The molecule has 0 aromatic rings. The molecule has 0 aliphatic rings. The van der Waals surface area contributed by atoms with Gasteiger partial charge in [0.2, 0.25) is 0 Å². The minimum absolute atomic E-state index is 0.139. The first-order valence-electron chi connectivity index (χ1n) is 5.38. The van der Waals surface area contributed by atoms with Gasteiger partial charge in [-0.15, -0.1) is 0 Å². The molecular weight excluding hydrogens is 375 g/mol. The Morgan fingerprint density at radius 1 is 0.889 bits per heavy atom. The molecule has 0 bridgehead atoms. The molecule has 0 atom stereocenters. The van der Waals surface area contributed by atoms with E-state index in [1.807, 2.05) is 41.5 Å². The van der Waals surface area contributed by atoms with Crippen molar-refractivity contribution in [2.75, 3.05) is 13.6 Å². The third kappa shape index (κ3) is 10.7. The summed E-state index contributed by atoms with van der Waals surface area (Å²) < 4.78 is 39.7. The summed E-state index contributed by atoms with van der Waals surface area (Å²) in [5.41, 5.74) is -0.770. The Kier molecular flexibility index (Phi) is 7.93. The summed E-state index contributed by atoms with van der Waals surface area (Å²) in [5.74, 6) is 0. The van der Waals surface area contributed by atoms with Crippen molar-refractivity contribution in [2.24, 2.45) is 0 Å². The first-order valence-corrected chi connectivity index (χ1v) is 11.4. The van der Waals surface area contributed by atoms with Crippen molar-refractivity contribution < 1.29 is 41.9 Å². The summed E-state index contributed by atoms with van der Waals surface area (Å²) in [6.07, 6.45) is 0. The van der Waals surface area contributed by atoms with Crippen LogP contribution in [0.15, 0.2) is 0 Å². The molecule has 0 radical (unpaired) electrons. The Bertz CT molecular complexity index is 218. The van der Waals surface area contributed by atoms with Crippen LogP contribution in [0.1, 0.15) is 41.5 Å². The van der Waals surface area contributed by atoms with Crippen LogP contribution in [0.3, 0.4) is 0 Å². The molecule has 0 amide bonds. The fraction of sp³-hybridized carbons (Fsp3) is 1.00. The molecule has 0 aromatic heterocycles. The molecule has 0 rings (SSSR count). The van der Waals surface area contributed by atoms with Crippen molar-refractivity contribution in [1.82, 2.24) is 0 Å². The molecular formula is C10H24IO6S-. The van der Waals surface area contributed by atoms with Crippen LogP contribution in [0.5, 0.6) is 0 Å². The first-order chi connectivity index (χ1) is 7.97. The Balaban J connectivity index is 4.03. The van der Waals surface area contributed by atoms with Crippen LogP contribution in [0, 0.1) is 0 Å². The normalized spacial score (nSPS) is 14.9. The molecule has 0 spiro atoms. The van der Waals surface area contributed by atoms with Crippen LogP contribution in [0.2, 0.25) is 0 Å². The van der Waals surface area contributed by atoms with Crippen molar-refractivity contribution in [3.05, 3.63) is 0 Å². The van der Waals surface area contributed by atoms with E-state index in [0.29, 0.717) is 0 Å². The van der Waals surface area contributed by atoms with Crippen molar-refractivity contribution in [2.45, 2.75) is 52.7 Å². The van der Waals surface area contributed by atoms with Gasteiger partial charge in [-0.05, 0) is 0 Å². The third-order valence-corrected chi connectivity index (χ3v) is 6.38. The maximum absolute atomic E-state index is 9.90. The van der Waals surface area contributed by atoms with E-state index in [1.54, 1.807) is 0 Å². The molecule has 114 valence electrons. The quantitative estimate of drug-likeness (QED) is 0.342. The van der Waals surface area contributed by atoms with Gasteiger partial charge in [0.05, 0.1) is 0 Å². The van der Waals surface area contributed by atoms with Crippen LogP contribution >= 0.6 is 9.21 Å². The van der Waals surface area contributed by atoms with Crippen LogP contribution in [0.25, 0.3) is 0 Å². The SMILES string of the molecule is CC(C)(C)OCO[I-](O)(OCOC(C)(C)C)SO. The van der Waals surface area contributed by atoms with Crippen LogP contribution < -0.4 is 18.3 Å². The number of ether oxygens (including phenoxy) is 2. The second-order valence-electron chi connectivity index (χ2n) is 5.43. The van der Waals surface area contributed by atoms with E-state index in [9.17, 15) is 3.44 Å². The van der Waals surface area contributed by atoms with E-state index >= 15 is 0 Å². The molecule has 0 saturated heterocycles. The summed E-state index contributed by atoms with van der Waals surface area (Å²) in [7, 11) is 0.204. The predicted octanol–water partition coefficient (Wildman–Crippen LogP) is -0.416. The summed E-state index contributed by atoms with van der Waals surface area (Å²) in [6.45, 7) is 10.9. The van der Waals surface area contributed by atoms with E-state index < -0.39 is 18.3 Å². The van der Waals surface area contributed by atoms with Crippen LogP contribution in [-0.2, 0) is 15.6 Å². The van der Waals surface area contributed by atoms with Gasteiger partial charge in [0.1, 0.15) is 0 Å². The fourth-order valence-electron chi connectivity index (χ4n) is 0.582. The number of hydrogen-bond acceptors (Lipinski definition) is 7. The summed E-state index contributed by atoms with van der Waals surface area (Å²) in [4.78, 5) is 0. The second kappa shape index (κ2) is 7.58. The van der Waals surface area contributed by atoms with Gasteiger partial charge in [0.25, 0.3) is 0 Å². The van der Waals surface area contributed by atoms with Crippen molar-refractivity contribution in [3.63, 3.8) is 0 Å². The number of rotatable bonds is 7. The Hall–Kier alpha value is 0.840. The van der Waals surface area contributed by atoms with Crippen molar-refractivity contribution in [1.29, 1.82) is 0 Å². The molecule has 0 aromatic carbocycles. The zero-order valence-corrected chi connectivity index (χ0v) is 14.7. The number of halogens is 1. The average molecular weight is 399 g/mol. The minimum atomic E-state index is -4.15. The predicted molar refractivity (Wildman–Crippen MR) is 66.0 cm³/mol. The molecule has 6 nitrogen and oxygen atoms in total. The van der Waals surface area contributed by atoms with Gasteiger partial charge in [0.15, 0.2) is 0 Å². The standard InChI is InChI=1S/C10H24IO6S/c1-9(2,3)14-7-16-11(12,18-13)17-8-15-10(4,5)6/h12-13H,7-8H2,1-6H3/q-1. The molecule has 18 heavy (non-hydrogen) atoms. The topological polar surface area (TPSA) is 77.4 Å². The van der Waals surface area contributed by atoms with Gasteiger partial charge in [-0.2, -0.15) is 0 Å². The zero-order chi connectivity index (χ0) is 14.4. The van der Waals surface area contributed by atoms with E-state index in [2.05, 4.69) is 0 Å². The molecule has 0 fully saturated rings. The molecule has 0 aliphatic carbocycles. The summed E-state index contributed by atoms with van der Waals surface area (Å²) in [6, 6.07) is 0. The van der Waals surface area contributed by atoms with Gasteiger partial charge in [-0.1, -0.05) is 0 Å². The van der Waals surface area contributed by atoms with E-state index in [-0.39, 0.29) is 34.0 Å². The Morgan fingerprint density at radius 2 is 1.22 bits per heavy atom. The van der Waals surface area contributed by atoms with Gasteiger partial charge in [-0.25, -0.2) is 0 Å². The van der Waals surface area contributed by atoms with Gasteiger partial charge in [0, 0.05) is 0 Å². The Morgan fingerprint density at radius 3 is 1.44 bits per heavy atom. The van der Waals surface area contributed by atoms with E-state index in [0.717, 1.165) is 0 Å². The van der Waals surface area contributed by atoms with Gasteiger partial charge >= 0.3 is 117 Å².